The number of amides is 1. The Morgan fingerprint density at radius 2 is 1.91 bits per heavy atom. The van der Waals surface area contributed by atoms with Crippen LogP contribution in [0, 0.1) is 0 Å². The molecule has 0 fully saturated rings. The summed E-state index contributed by atoms with van der Waals surface area (Å²) in [7, 11) is 0. The Kier molecular flexibility index (Phi) is 3.66. The van der Waals surface area contributed by atoms with Crippen molar-refractivity contribution in [3.8, 4) is 0 Å². The third kappa shape index (κ3) is 3.66. The Morgan fingerprint density at radius 1 is 1.45 bits per heavy atom. The number of hydrogen-bond donors (Lipinski definition) is 2. The standard InChI is InChI=1S/C4H6F3NO3/c5-2(6)1(3(7)9)11-4(8)10/h1-3,9H,(H2,8,10). The second-order valence-electron chi connectivity index (χ2n) is 1.61. The molecule has 0 spiro atoms. The lowest BCUT2D eigenvalue weighted by Crippen LogP contribution is -2.36. The summed E-state index contributed by atoms with van der Waals surface area (Å²) in [6, 6.07) is 0. The van der Waals surface area contributed by atoms with Gasteiger partial charge in [-0.25, -0.2) is 18.0 Å². The lowest BCUT2D eigenvalue weighted by Gasteiger charge is -2.14. The zero-order valence-electron chi connectivity index (χ0n) is 5.21. The highest BCUT2D eigenvalue weighted by atomic mass is 19.3. The topological polar surface area (TPSA) is 72.6 Å². The van der Waals surface area contributed by atoms with Gasteiger partial charge in [0.05, 0.1) is 0 Å². The Bertz CT molecular complexity index is 133. The molecule has 0 aromatic rings. The summed E-state index contributed by atoms with van der Waals surface area (Å²) in [6.07, 6.45) is -10.3. The van der Waals surface area contributed by atoms with Crippen LogP contribution in [0.25, 0.3) is 0 Å². The van der Waals surface area contributed by atoms with Crippen LogP contribution in [0.15, 0.2) is 0 Å². The van der Waals surface area contributed by atoms with Crippen LogP contribution in [0.4, 0.5) is 18.0 Å². The van der Waals surface area contributed by atoms with Crippen molar-refractivity contribution in [1.29, 1.82) is 0 Å². The average molecular weight is 173 g/mol. The van der Waals surface area contributed by atoms with Gasteiger partial charge in [-0.3, -0.25) is 0 Å². The third-order valence-electron chi connectivity index (χ3n) is 0.772. The van der Waals surface area contributed by atoms with Crippen molar-refractivity contribution in [2.75, 3.05) is 0 Å². The van der Waals surface area contributed by atoms with E-state index >= 15 is 0 Å². The second kappa shape index (κ2) is 4.02. The Labute approximate surface area is 59.7 Å². The third-order valence-corrected chi connectivity index (χ3v) is 0.772. The average Bonchev–Trinajstić information content (AvgIpc) is 1.81. The Hall–Kier alpha value is -0.980. The molecule has 66 valence electrons. The quantitative estimate of drug-likeness (QED) is 0.631. The number of hydrogen-bond acceptors (Lipinski definition) is 3. The number of ether oxygens (including phenoxy) is 1. The molecule has 0 aromatic heterocycles. The van der Waals surface area contributed by atoms with Gasteiger partial charge in [0.25, 0.3) is 6.43 Å². The maximum Gasteiger partial charge on any atom is 0.405 e. The number of carbonyl (C=O) groups excluding carboxylic acids is 1. The summed E-state index contributed by atoms with van der Waals surface area (Å²) < 4.78 is 38.4. The number of primary amides is 1. The van der Waals surface area contributed by atoms with E-state index in [9.17, 15) is 18.0 Å². The summed E-state index contributed by atoms with van der Waals surface area (Å²) in [5.41, 5.74) is 4.30. The van der Waals surface area contributed by atoms with E-state index in [4.69, 9.17) is 5.11 Å². The summed E-state index contributed by atoms with van der Waals surface area (Å²) in [4.78, 5) is 9.81. The van der Waals surface area contributed by atoms with Crippen molar-refractivity contribution in [2.24, 2.45) is 5.73 Å². The van der Waals surface area contributed by atoms with Crippen LogP contribution in [-0.4, -0.2) is 30.1 Å². The number of rotatable bonds is 3. The minimum absolute atomic E-state index is 1.56. The van der Waals surface area contributed by atoms with Gasteiger partial charge in [0.15, 0.2) is 0 Å². The van der Waals surface area contributed by atoms with E-state index in [1.165, 1.54) is 0 Å². The molecular weight excluding hydrogens is 167 g/mol. The van der Waals surface area contributed by atoms with Gasteiger partial charge in [0.1, 0.15) is 0 Å². The van der Waals surface area contributed by atoms with E-state index in [1.54, 1.807) is 0 Å². The van der Waals surface area contributed by atoms with Gasteiger partial charge in [-0.1, -0.05) is 0 Å². The molecule has 0 aliphatic heterocycles. The lowest BCUT2D eigenvalue weighted by atomic mass is 10.4. The first-order chi connectivity index (χ1) is 4.95. The maximum atomic E-state index is 11.7. The van der Waals surface area contributed by atoms with Gasteiger partial charge in [0.2, 0.25) is 12.5 Å². The molecule has 0 aliphatic carbocycles. The fourth-order valence-corrected chi connectivity index (χ4v) is 0.362. The molecule has 0 rings (SSSR count). The number of carbonyl (C=O) groups is 1. The zero-order chi connectivity index (χ0) is 9.02. The largest absolute Gasteiger partial charge is 0.434 e. The first-order valence-corrected chi connectivity index (χ1v) is 2.51. The summed E-state index contributed by atoms with van der Waals surface area (Å²) in [5, 5.41) is 7.95. The van der Waals surface area contributed by atoms with Gasteiger partial charge in [-0.2, -0.15) is 0 Å². The Morgan fingerprint density at radius 3 is 2.00 bits per heavy atom. The molecule has 3 N–H and O–H groups in total. The van der Waals surface area contributed by atoms with Gasteiger partial charge >= 0.3 is 6.09 Å². The zero-order valence-corrected chi connectivity index (χ0v) is 5.21. The molecular formula is C4H6F3NO3. The molecule has 4 nitrogen and oxygen atoms in total. The molecule has 0 saturated heterocycles. The van der Waals surface area contributed by atoms with E-state index in [0.29, 0.717) is 0 Å². The number of nitrogens with two attached hydrogens (primary N) is 1. The molecule has 11 heavy (non-hydrogen) atoms. The minimum Gasteiger partial charge on any atom is -0.434 e. The number of alkyl halides is 3. The maximum absolute atomic E-state index is 11.7. The summed E-state index contributed by atoms with van der Waals surface area (Å²) in [5.74, 6) is 0. The van der Waals surface area contributed by atoms with E-state index in [0.717, 1.165) is 0 Å². The van der Waals surface area contributed by atoms with Crippen molar-refractivity contribution >= 4 is 6.09 Å². The second-order valence-corrected chi connectivity index (χ2v) is 1.61. The molecule has 1 amide bonds. The van der Waals surface area contributed by atoms with Gasteiger partial charge in [0, 0.05) is 0 Å². The van der Waals surface area contributed by atoms with Gasteiger partial charge in [-0.05, 0) is 0 Å². The molecule has 7 heteroatoms. The number of aliphatic hydroxyl groups is 1. The lowest BCUT2D eigenvalue weighted by molar-refractivity contribution is -0.128. The smallest absolute Gasteiger partial charge is 0.405 e. The monoisotopic (exact) mass is 173 g/mol. The Balaban J connectivity index is 4.00. The van der Waals surface area contributed by atoms with Gasteiger partial charge in [-0.15, -0.1) is 0 Å². The van der Waals surface area contributed by atoms with E-state index < -0.39 is 25.0 Å². The van der Waals surface area contributed by atoms with E-state index in [-0.39, 0.29) is 0 Å². The van der Waals surface area contributed by atoms with Crippen LogP contribution < -0.4 is 5.73 Å². The SMILES string of the molecule is NC(=O)OC(C(O)F)C(F)F. The molecule has 2 atom stereocenters. The van der Waals surface area contributed by atoms with E-state index in [2.05, 4.69) is 10.5 Å². The molecule has 0 aliphatic rings. The minimum atomic E-state index is -3.30. The first-order valence-electron chi connectivity index (χ1n) is 2.51. The van der Waals surface area contributed by atoms with Crippen LogP contribution >= 0.6 is 0 Å². The van der Waals surface area contributed by atoms with Crippen LogP contribution in [-0.2, 0) is 4.74 Å². The molecule has 0 bridgehead atoms. The fraction of sp³-hybridized carbons (Fsp3) is 0.750. The highest BCUT2D eigenvalue weighted by molar-refractivity contribution is 5.64. The fourth-order valence-electron chi connectivity index (χ4n) is 0.362. The molecule has 0 saturated carbocycles. The molecule has 0 aromatic carbocycles. The summed E-state index contributed by atoms with van der Waals surface area (Å²) >= 11 is 0. The van der Waals surface area contributed by atoms with Crippen molar-refractivity contribution in [2.45, 2.75) is 18.9 Å². The van der Waals surface area contributed by atoms with Crippen LogP contribution in [0.1, 0.15) is 0 Å². The normalized spacial score (nSPS) is 16.1. The van der Waals surface area contributed by atoms with Crippen LogP contribution in [0.3, 0.4) is 0 Å². The van der Waals surface area contributed by atoms with Crippen LogP contribution in [0.5, 0.6) is 0 Å². The number of aliphatic hydroxyl groups excluding tert-OH is 1. The van der Waals surface area contributed by atoms with Crippen molar-refractivity contribution < 1.29 is 27.8 Å². The van der Waals surface area contributed by atoms with Gasteiger partial charge < -0.3 is 15.6 Å². The highest BCUT2D eigenvalue weighted by Gasteiger charge is 2.31. The first kappa shape index (κ1) is 10.0. The predicted octanol–water partition coefficient (Wildman–Crippen LogP) is 0.00330. The highest BCUT2D eigenvalue weighted by Crippen LogP contribution is 2.10. The molecule has 0 radical (unpaired) electrons. The number of halogens is 3. The molecule has 2 unspecified atom stereocenters. The summed E-state index contributed by atoms with van der Waals surface area (Å²) in [6.45, 7) is 0. The van der Waals surface area contributed by atoms with Crippen molar-refractivity contribution in [3.05, 3.63) is 0 Å². The predicted molar refractivity (Wildman–Crippen MR) is 27.6 cm³/mol. The van der Waals surface area contributed by atoms with E-state index in [1.807, 2.05) is 0 Å². The van der Waals surface area contributed by atoms with Crippen molar-refractivity contribution in [1.82, 2.24) is 0 Å². The molecule has 0 heterocycles. The van der Waals surface area contributed by atoms with Crippen molar-refractivity contribution in [3.63, 3.8) is 0 Å². The van der Waals surface area contributed by atoms with Crippen LogP contribution in [0.2, 0.25) is 0 Å².